The zero-order chi connectivity index (χ0) is 13.2. The molecule has 0 aromatic heterocycles. The van der Waals surface area contributed by atoms with Gasteiger partial charge in [-0.05, 0) is 30.5 Å². The first kappa shape index (κ1) is 12.5. The lowest BCUT2D eigenvalue weighted by atomic mass is 10.1. The molecule has 1 aliphatic heterocycles. The molecule has 1 aromatic rings. The van der Waals surface area contributed by atoms with Crippen LogP contribution in [0, 0.1) is 5.92 Å². The molecule has 0 radical (unpaired) electrons. The zero-order valence-electron chi connectivity index (χ0n) is 11.2. The van der Waals surface area contributed by atoms with Crippen LogP contribution in [0.5, 0.6) is 0 Å². The minimum Gasteiger partial charge on any atom is -0.368 e. The topological polar surface area (TPSA) is 49.6 Å². The largest absolute Gasteiger partial charge is 0.368 e. The summed E-state index contributed by atoms with van der Waals surface area (Å²) in [6.45, 7) is 4.16. The zero-order valence-corrected chi connectivity index (χ0v) is 11.2. The van der Waals surface area contributed by atoms with E-state index in [9.17, 15) is 4.79 Å². The number of nitrogens with two attached hydrogens (primary N) is 1. The third-order valence-corrected chi connectivity index (χ3v) is 4.06. The van der Waals surface area contributed by atoms with E-state index in [4.69, 9.17) is 5.73 Å². The fourth-order valence-electron chi connectivity index (χ4n) is 2.62. The van der Waals surface area contributed by atoms with E-state index in [1.54, 1.807) is 0 Å². The number of carbonyl (C=O) groups is 1. The van der Waals surface area contributed by atoms with Crippen molar-refractivity contribution in [2.24, 2.45) is 11.7 Å². The van der Waals surface area contributed by atoms with Crippen molar-refractivity contribution in [1.82, 2.24) is 4.90 Å². The highest BCUT2D eigenvalue weighted by Crippen LogP contribution is 2.31. The van der Waals surface area contributed by atoms with E-state index in [1.165, 1.54) is 5.69 Å². The fourth-order valence-corrected chi connectivity index (χ4v) is 2.62. The highest BCUT2D eigenvalue weighted by molar-refractivity contribution is 5.81. The van der Waals surface area contributed by atoms with Crippen molar-refractivity contribution in [2.75, 3.05) is 31.1 Å². The first-order valence-corrected chi connectivity index (χ1v) is 7.10. The number of nitrogens with zero attached hydrogens (tertiary/aromatic N) is 2. The Morgan fingerprint density at radius 1 is 1.11 bits per heavy atom. The van der Waals surface area contributed by atoms with E-state index in [0.29, 0.717) is 18.4 Å². The van der Waals surface area contributed by atoms with Gasteiger partial charge in [0, 0.05) is 44.3 Å². The van der Waals surface area contributed by atoms with E-state index in [0.717, 1.165) is 44.6 Å². The molecular weight excluding hydrogens is 238 g/mol. The molecule has 1 heterocycles. The van der Waals surface area contributed by atoms with Crippen molar-refractivity contribution >= 4 is 11.6 Å². The maximum atomic E-state index is 12.0. The van der Waals surface area contributed by atoms with E-state index in [1.807, 2.05) is 4.90 Å². The number of hydrogen-bond donors (Lipinski definition) is 1. The minimum absolute atomic E-state index is 0.343. The molecule has 1 saturated heterocycles. The summed E-state index contributed by atoms with van der Waals surface area (Å²) in [6.07, 6.45) is 2.19. The van der Waals surface area contributed by atoms with Crippen LogP contribution in [0.15, 0.2) is 24.3 Å². The molecule has 2 aliphatic rings. The Bertz CT molecular complexity index is 445. The standard InChI is InChI=1S/C15H21N3O/c16-11-12-1-5-14(6-2-12)17-7-9-18(10-8-17)15(19)13-3-4-13/h1-2,5-6,13H,3-4,7-11,16H2. The number of hydrogen-bond acceptors (Lipinski definition) is 3. The van der Waals surface area contributed by atoms with Crippen molar-refractivity contribution in [3.8, 4) is 0 Å². The Labute approximate surface area is 114 Å². The van der Waals surface area contributed by atoms with Gasteiger partial charge in [-0.1, -0.05) is 12.1 Å². The van der Waals surface area contributed by atoms with Gasteiger partial charge in [0.15, 0.2) is 0 Å². The Hall–Kier alpha value is -1.55. The number of rotatable bonds is 3. The van der Waals surface area contributed by atoms with Gasteiger partial charge >= 0.3 is 0 Å². The van der Waals surface area contributed by atoms with E-state index >= 15 is 0 Å². The summed E-state index contributed by atoms with van der Waals surface area (Å²) in [7, 11) is 0. The SMILES string of the molecule is NCc1ccc(N2CCN(C(=O)C3CC3)CC2)cc1. The third kappa shape index (κ3) is 2.73. The smallest absolute Gasteiger partial charge is 0.225 e. The molecule has 0 bridgehead atoms. The molecule has 3 rings (SSSR count). The monoisotopic (exact) mass is 259 g/mol. The highest BCUT2D eigenvalue weighted by atomic mass is 16.2. The number of anilines is 1. The molecule has 4 nitrogen and oxygen atoms in total. The predicted octanol–water partition coefficient (Wildman–Crippen LogP) is 1.20. The Morgan fingerprint density at radius 3 is 2.26 bits per heavy atom. The van der Waals surface area contributed by atoms with Crippen LogP contribution >= 0.6 is 0 Å². The lowest BCUT2D eigenvalue weighted by Gasteiger charge is -2.36. The first-order chi connectivity index (χ1) is 9.28. The molecule has 0 atom stereocenters. The van der Waals surface area contributed by atoms with Gasteiger partial charge in [-0.15, -0.1) is 0 Å². The average molecular weight is 259 g/mol. The van der Waals surface area contributed by atoms with Gasteiger partial charge in [0.25, 0.3) is 0 Å². The fraction of sp³-hybridized carbons (Fsp3) is 0.533. The van der Waals surface area contributed by atoms with Crippen molar-refractivity contribution in [3.05, 3.63) is 29.8 Å². The Kier molecular flexibility index (Phi) is 3.42. The molecule has 19 heavy (non-hydrogen) atoms. The van der Waals surface area contributed by atoms with Crippen molar-refractivity contribution in [1.29, 1.82) is 0 Å². The minimum atomic E-state index is 0.343. The number of carbonyl (C=O) groups excluding carboxylic acids is 1. The molecule has 1 amide bonds. The summed E-state index contributed by atoms with van der Waals surface area (Å²) in [5.41, 5.74) is 8.00. The average Bonchev–Trinajstić information content (AvgIpc) is 3.31. The molecule has 102 valence electrons. The molecule has 0 spiro atoms. The summed E-state index contributed by atoms with van der Waals surface area (Å²) in [4.78, 5) is 16.4. The number of piperazine rings is 1. The van der Waals surface area contributed by atoms with Crippen molar-refractivity contribution in [2.45, 2.75) is 19.4 Å². The Balaban J connectivity index is 1.58. The molecule has 1 aliphatic carbocycles. The lowest BCUT2D eigenvalue weighted by Crippen LogP contribution is -2.49. The van der Waals surface area contributed by atoms with Gasteiger partial charge in [-0.3, -0.25) is 4.79 Å². The molecule has 4 heteroatoms. The second-order valence-corrected chi connectivity index (χ2v) is 5.46. The van der Waals surface area contributed by atoms with Crippen LogP contribution in [0.3, 0.4) is 0 Å². The summed E-state index contributed by atoms with van der Waals surface area (Å²) < 4.78 is 0. The highest BCUT2D eigenvalue weighted by Gasteiger charge is 2.34. The summed E-state index contributed by atoms with van der Waals surface area (Å²) in [6, 6.07) is 8.41. The van der Waals surface area contributed by atoms with Gasteiger partial charge < -0.3 is 15.5 Å². The van der Waals surface area contributed by atoms with Crippen LogP contribution in [0.1, 0.15) is 18.4 Å². The quantitative estimate of drug-likeness (QED) is 0.887. The lowest BCUT2D eigenvalue weighted by molar-refractivity contribution is -0.132. The number of amides is 1. The second kappa shape index (κ2) is 5.21. The van der Waals surface area contributed by atoms with Gasteiger partial charge in [0.1, 0.15) is 0 Å². The normalized spacial score (nSPS) is 19.6. The Morgan fingerprint density at radius 2 is 1.74 bits per heavy atom. The van der Waals surface area contributed by atoms with Crippen LogP contribution in [-0.4, -0.2) is 37.0 Å². The summed E-state index contributed by atoms with van der Waals surface area (Å²) >= 11 is 0. The maximum Gasteiger partial charge on any atom is 0.225 e. The third-order valence-electron chi connectivity index (χ3n) is 4.06. The van der Waals surface area contributed by atoms with Crippen LogP contribution in [0.4, 0.5) is 5.69 Å². The van der Waals surface area contributed by atoms with Crippen LogP contribution in [0.2, 0.25) is 0 Å². The van der Waals surface area contributed by atoms with Gasteiger partial charge in [-0.25, -0.2) is 0 Å². The van der Waals surface area contributed by atoms with Gasteiger partial charge in [0.05, 0.1) is 0 Å². The van der Waals surface area contributed by atoms with E-state index in [-0.39, 0.29) is 0 Å². The summed E-state index contributed by atoms with van der Waals surface area (Å²) in [5, 5.41) is 0. The molecular formula is C15H21N3O. The maximum absolute atomic E-state index is 12.0. The molecule has 1 aromatic carbocycles. The van der Waals surface area contributed by atoms with E-state index < -0.39 is 0 Å². The predicted molar refractivity (Wildman–Crippen MR) is 75.9 cm³/mol. The molecule has 0 unspecified atom stereocenters. The van der Waals surface area contributed by atoms with Crippen molar-refractivity contribution < 1.29 is 4.79 Å². The summed E-state index contributed by atoms with van der Waals surface area (Å²) in [5.74, 6) is 0.716. The van der Waals surface area contributed by atoms with Crippen LogP contribution < -0.4 is 10.6 Å². The van der Waals surface area contributed by atoms with Crippen LogP contribution in [-0.2, 0) is 11.3 Å². The van der Waals surface area contributed by atoms with Gasteiger partial charge in [0.2, 0.25) is 5.91 Å². The molecule has 1 saturated carbocycles. The number of benzene rings is 1. The van der Waals surface area contributed by atoms with Crippen molar-refractivity contribution in [3.63, 3.8) is 0 Å². The first-order valence-electron chi connectivity index (χ1n) is 7.10. The van der Waals surface area contributed by atoms with Gasteiger partial charge in [-0.2, -0.15) is 0 Å². The molecule has 2 fully saturated rings. The van der Waals surface area contributed by atoms with E-state index in [2.05, 4.69) is 29.2 Å². The van der Waals surface area contributed by atoms with Crippen LogP contribution in [0.25, 0.3) is 0 Å². The second-order valence-electron chi connectivity index (χ2n) is 5.46. The molecule has 2 N–H and O–H groups in total.